The lowest BCUT2D eigenvalue weighted by Gasteiger charge is -2.17. The fraction of sp³-hybridized carbons (Fsp3) is 0.500. The molecular weight excluding hydrogens is 264 g/mol. The van der Waals surface area contributed by atoms with Crippen LogP contribution in [-0.2, 0) is 4.74 Å². The quantitative estimate of drug-likeness (QED) is 0.854. The third kappa shape index (κ3) is 2.37. The Morgan fingerprint density at radius 1 is 1.68 bits per heavy atom. The molecule has 2 rings (SSSR count). The zero-order valence-electron chi connectivity index (χ0n) is 10.9. The molecular formula is C12H16N4O2S. The molecule has 0 spiro atoms. The zero-order valence-corrected chi connectivity index (χ0v) is 11.7. The van der Waals surface area contributed by atoms with Crippen molar-refractivity contribution in [3.63, 3.8) is 0 Å². The number of nitrogens with two attached hydrogens (primary N) is 1. The lowest BCUT2D eigenvalue weighted by atomic mass is 10.2. The first kappa shape index (κ1) is 13.6. The summed E-state index contributed by atoms with van der Waals surface area (Å²) in [7, 11) is 3.23. The number of nitrogen functional groups attached to an aromatic ring is 1. The van der Waals surface area contributed by atoms with Gasteiger partial charge in [0.25, 0.3) is 5.91 Å². The van der Waals surface area contributed by atoms with Crippen LogP contribution in [-0.4, -0.2) is 39.3 Å². The van der Waals surface area contributed by atoms with Gasteiger partial charge in [-0.3, -0.25) is 4.79 Å². The second-order valence-corrected chi connectivity index (χ2v) is 5.31. The molecule has 1 saturated heterocycles. The molecule has 6 nitrogen and oxygen atoms in total. The van der Waals surface area contributed by atoms with Crippen molar-refractivity contribution in [1.29, 1.82) is 5.26 Å². The number of hydrogen-bond donors (Lipinski definition) is 2. The van der Waals surface area contributed by atoms with E-state index in [1.807, 2.05) is 6.07 Å². The molecule has 7 heteroatoms. The van der Waals surface area contributed by atoms with Crippen molar-refractivity contribution in [3.8, 4) is 6.07 Å². The van der Waals surface area contributed by atoms with Gasteiger partial charge < -0.3 is 20.7 Å². The van der Waals surface area contributed by atoms with E-state index in [9.17, 15) is 4.79 Å². The third-order valence-corrected chi connectivity index (χ3v) is 4.42. The minimum Gasteiger partial charge on any atom is -0.396 e. The molecule has 19 heavy (non-hydrogen) atoms. The van der Waals surface area contributed by atoms with Crippen molar-refractivity contribution in [1.82, 2.24) is 5.32 Å². The lowest BCUT2D eigenvalue weighted by Crippen LogP contribution is -2.26. The SMILES string of the molecule is CNC(=O)c1c(N2CCC(OC)C2)sc(C#N)c1N. The van der Waals surface area contributed by atoms with Crippen LogP contribution in [0.3, 0.4) is 0 Å². The van der Waals surface area contributed by atoms with E-state index in [2.05, 4.69) is 10.2 Å². The monoisotopic (exact) mass is 280 g/mol. The topological polar surface area (TPSA) is 91.4 Å². The zero-order chi connectivity index (χ0) is 14.0. The van der Waals surface area contributed by atoms with E-state index < -0.39 is 0 Å². The summed E-state index contributed by atoms with van der Waals surface area (Å²) in [5, 5.41) is 12.4. The van der Waals surface area contributed by atoms with E-state index in [4.69, 9.17) is 15.7 Å². The minimum atomic E-state index is -0.258. The van der Waals surface area contributed by atoms with Gasteiger partial charge in [-0.1, -0.05) is 0 Å². The van der Waals surface area contributed by atoms with Gasteiger partial charge in [-0.25, -0.2) is 0 Å². The van der Waals surface area contributed by atoms with E-state index in [0.717, 1.165) is 18.0 Å². The maximum atomic E-state index is 11.9. The van der Waals surface area contributed by atoms with E-state index in [-0.39, 0.29) is 17.7 Å². The third-order valence-electron chi connectivity index (χ3n) is 3.25. The molecule has 1 unspecified atom stereocenters. The second-order valence-electron chi connectivity index (χ2n) is 4.31. The molecule has 0 aromatic carbocycles. The summed E-state index contributed by atoms with van der Waals surface area (Å²) in [4.78, 5) is 14.4. The smallest absolute Gasteiger partial charge is 0.256 e. The molecule has 3 N–H and O–H groups in total. The van der Waals surface area contributed by atoms with Gasteiger partial charge in [-0.2, -0.15) is 5.26 Å². The van der Waals surface area contributed by atoms with Crippen molar-refractivity contribution < 1.29 is 9.53 Å². The van der Waals surface area contributed by atoms with Crippen molar-refractivity contribution in [2.24, 2.45) is 0 Å². The molecule has 1 aromatic heterocycles. The molecule has 102 valence electrons. The molecule has 0 aliphatic carbocycles. The van der Waals surface area contributed by atoms with Crippen LogP contribution in [0.25, 0.3) is 0 Å². The number of thiophene rings is 1. The molecule has 1 aromatic rings. The number of nitrogens with zero attached hydrogens (tertiary/aromatic N) is 2. The van der Waals surface area contributed by atoms with Crippen molar-refractivity contribution in [2.75, 3.05) is 37.9 Å². The van der Waals surface area contributed by atoms with E-state index in [1.54, 1.807) is 14.2 Å². The first-order chi connectivity index (χ1) is 9.12. The van der Waals surface area contributed by atoms with E-state index >= 15 is 0 Å². The Kier molecular flexibility index (Phi) is 3.93. The van der Waals surface area contributed by atoms with Gasteiger partial charge in [0.05, 0.1) is 17.4 Å². The Hall–Kier alpha value is -1.78. The molecule has 1 atom stereocenters. The normalized spacial score (nSPS) is 18.4. The minimum absolute atomic E-state index is 0.159. The van der Waals surface area contributed by atoms with Crippen LogP contribution in [0.5, 0.6) is 0 Å². The summed E-state index contributed by atoms with van der Waals surface area (Å²) < 4.78 is 5.32. The molecule has 0 radical (unpaired) electrons. The Labute approximate surface area is 115 Å². The number of carbonyl (C=O) groups excluding carboxylic acids is 1. The number of nitrogens with one attached hydrogen (secondary N) is 1. The summed E-state index contributed by atoms with van der Waals surface area (Å²) in [6.45, 7) is 1.51. The summed E-state index contributed by atoms with van der Waals surface area (Å²) >= 11 is 1.26. The van der Waals surface area contributed by atoms with Crippen LogP contribution in [0.2, 0.25) is 0 Å². The summed E-state index contributed by atoms with van der Waals surface area (Å²) in [6, 6.07) is 2.04. The van der Waals surface area contributed by atoms with Gasteiger partial charge in [0.2, 0.25) is 0 Å². The van der Waals surface area contributed by atoms with Crippen molar-refractivity contribution >= 4 is 27.9 Å². The van der Waals surface area contributed by atoms with Gasteiger partial charge in [0.1, 0.15) is 15.9 Å². The molecule has 1 fully saturated rings. The van der Waals surface area contributed by atoms with Gasteiger partial charge in [-0.05, 0) is 6.42 Å². The first-order valence-electron chi connectivity index (χ1n) is 5.94. The molecule has 1 aliphatic heterocycles. The van der Waals surface area contributed by atoms with Gasteiger partial charge >= 0.3 is 0 Å². The number of nitriles is 1. The number of carbonyl (C=O) groups is 1. The van der Waals surface area contributed by atoms with Crippen LogP contribution in [0.1, 0.15) is 21.7 Å². The predicted molar refractivity (Wildman–Crippen MR) is 74.5 cm³/mol. The van der Waals surface area contributed by atoms with Gasteiger partial charge in [-0.15, -0.1) is 11.3 Å². The fourth-order valence-corrected chi connectivity index (χ4v) is 3.24. The predicted octanol–water partition coefficient (Wildman–Crippen LogP) is 0.787. The second kappa shape index (κ2) is 5.47. The number of ether oxygens (including phenoxy) is 1. The average molecular weight is 280 g/mol. The first-order valence-corrected chi connectivity index (χ1v) is 6.76. The highest BCUT2D eigenvalue weighted by Gasteiger charge is 2.30. The highest BCUT2D eigenvalue weighted by atomic mass is 32.1. The summed E-state index contributed by atoms with van der Waals surface area (Å²) in [6.07, 6.45) is 1.06. The van der Waals surface area contributed by atoms with Crippen LogP contribution in [0.4, 0.5) is 10.7 Å². The largest absolute Gasteiger partial charge is 0.396 e. The summed E-state index contributed by atoms with van der Waals surface area (Å²) in [5.74, 6) is -0.258. The van der Waals surface area contributed by atoms with Crippen LogP contribution < -0.4 is 16.0 Å². The van der Waals surface area contributed by atoms with Crippen molar-refractivity contribution in [3.05, 3.63) is 10.4 Å². The van der Waals surface area contributed by atoms with Gasteiger partial charge in [0.15, 0.2) is 0 Å². The van der Waals surface area contributed by atoms with Crippen LogP contribution in [0.15, 0.2) is 0 Å². The molecule has 1 amide bonds. The van der Waals surface area contributed by atoms with Crippen LogP contribution >= 0.6 is 11.3 Å². The number of rotatable bonds is 3. The maximum absolute atomic E-state index is 11.9. The van der Waals surface area contributed by atoms with Crippen molar-refractivity contribution in [2.45, 2.75) is 12.5 Å². The Morgan fingerprint density at radius 2 is 2.42 bits per heavy atom. The molecule has 0 saturated carbocycles. The molecule has 1 aliphatic rings. The van der Waals surface area contributed by atoms with Crippen LogP contribution in [0, 0.1) is 11.3 Å². The number of hydrogen-bond acceptors (Lipinski definition) is 6. The number of anilines is 2. The Bertz CT molecular complexity index is 535. The number of methoxy groups -OCH3 is 1. The Morgan fingerprint density at radius 3 is 2.95 bits per heavy atom. The maximum Gasteiger partial charge on any atom is 0.256 e. The highest BCUT2D eigenvalue weighted by molar-refractivity contribution is 7.17. The molecule has 2 heterocycles. The lowest BCUT2D eigenvalue weighted by molar-refractivity contribution is 0.0964. The molecule has 0 bridgehead atoms. The Balaban J connectivity index is 2.40. The van der Waals surface area contributed by atoms with E-state index in [0.29, 0.717) is 17.0 Å². The highest BCUT2D eigenvalue weighted by Crippen LogP contribution is 2.39. The number of amides is 1. The standard InChI is InChI=1S/C12H16N4O2S/c1-15-11(17)9-10(14)8(5-13)19-12(9)16-4-3-7(6-16)18-2/h7H,3-4,6,14H2,1-2H3,(H,15,17). The summed E-state index contributed by atoms with van der Waals surface area (Å²) in [5.41, 5.74) is 6.57. The van der Waals surface area contributed by atoms with E-state index in [1.165, 1.54) is 11.3 Å². The van der Waals surface area contributed by atoms with Gasteiger partial charge in [0, 0.05) is 27.2 Å². The fourth-order valence-electron chi connectivity index (χ4n) is 2.19. The average Bonchev–Trinajstić information content (AvgIpc) is 3.01.